The van der Waals surface area contributed by atoms with Gasteiger partial charge in [0.15, 0.2) is 0 Å². The van der Waals surface area contributed by atoms with Crippen LogP contribution < -0.4 is 14.2 Å². The van der Waals surface area contributed by atoms with E-state index in [1.807, 2.05) is 12.1 Å². The van der Waals surface area contributed by atoms with Gasteiger partial charge in [0, 0.05) is 17.7 Å². The summed E-state index contributed by atoms with van der Waals surface area (Å²) in [4.78, 5) is 10.8. The number of hydrogen-bond donors (Lipinski definition) is 1. The van der Waals surface area contributed by atoms with Gasteiger partial charge < -0.3 is 19.3 Å². The molecule has 0 amide bonds. The Morgan fingerprint density at radius 2 is 1.68 bits per heavy atom. The Bertz CT molecular complexity index is 806. The monoisotopic (exact) mass is 384 g/mol. The molecule has 0 aromatic heterocycles. The topological polar surface area (TPSA) is 65.0 Å². The molecule has 0 aliphatic rings. The molecule has 0 aliphatic carbocycles. The predicted octanol–water partition coefficient (Wildman–Crippen LogP) is 4.94. The van der Waals surface area contributed by atoms with Gasteiger partial charge in [0.25, 0.3) is 0 Å². The van der Waals surface area contributed by atoms with Crippen LogP contribution in [0, 0.1) is 0 Å². The Balaban J connectivity index is 1.95. The van der Waals surface area contributed by atoms with Crippen LogP contribution >= 0.6 is 0 Å². The number of hydrogen-bond acceptors (Lipinski definition) is 4. The van der Waals surface area contributed by atoms with Crippen molar-refractivity contribution in [3.8, 4) is 17.2 Å². The summed E-state index contributed by atoms with van der Waals surface area (Å²) in [5, 5.41) is 8.82. The minimum Gasteiger partial charge on any atom is -0.497 e. The molecule has 0 saturated heterocycles. The predicted molar refractivity (Wildman–Crippen MR) is 110 cm³/mol. The van der Waals surface area contributed by atoms with Gasteiger partial charge in [-0.2, -0.15) is 0 Å². The molecule has 0 heterocycles. The third-order valence-corrected chi connectivity index (χ3v) is 4.76. The lowest BCUT2D eigenvalue weighted by Gasteiger charge is -2.23. The maximum Gasteiger partial charge on any atom is 0.328 e. The van der Waals surface area contributed by atoms with Crippen LogP contribution in [0.15, 0.2) is 48.5 Å². The SMILES string of the molecule is CCC(C)(C)c1ccc(OCCOc2cc(OC)ccc2C=CC(=O)O)cc1. The van der Waals surface area contributed by atoms with Gasteiger partial charge in [-0.15, -0.1) is 0 Å². The van der Waals surface area contributed by atoms with Crippen LogP contribution in [0.2, 0.25) is 0 Å². The molecule has 0 aliphatic heterocycles. The van der Waals surface area contributed by atoms with Crippen LogP contribution in [0.3, 0.4) is 0 Å². The molecule has 0 bridgehead atoms. The molecule has 0 spiro atoms. The van der Waals surface area contributed by atoms with E-state index in [2.05, 4.69) is 32.9 Å². The molecule has 2 aromatic rings. The van der Waals surface area contributed by atoms with Gasteiger partial charge in [0.1, 0.15) is 30.5 Å². The molecule has 28 heavy (non-hydrogen) atoms. The number of carboxylic acids is 1. The van der Waals surface area contributed by atoms with Crippen LogP contribution in [0.1, 0.15) is 38.3 Å². The van der Waals surface area contributed by atoms with E-state index in [1.165, 1.54) is 11.6 Å². The summed E-state index contributed by atoms with van der Waals surface area (Å²) in [6, 6.07) is 13.4. The molecule has 2 aromatic carbocycles. The summed E-state index contributed by atoms with van der Waals surface area (Å²) in [6.07, 6.45) is 3.64. The van der Waals surface area contributed by atoms with Crippen molar-refractivity contribution in [2.75, 3.05) is 20.3 Å². The number of carboxylic acid groups (broad SMARTS) is 1. The average Bonchev–Trinajstić information content (AvgIpc) is 2.70. The first-order valence-electron chi connectivity index (χ1n) is 9.31. The maximum atomic E-state index is 10.8. The number of ether oxygens (including phenoxy) is 3. The summed E-state index contributed by atoms with van der Waals surface area (Å²) in [6.45, 7) is 7.32. The fraction of sp³-hybridized carbons (Fsp3) is 0.348. The highest BCUT2D eigenvalue weighted by Crippen LogP contribution is 2.28. The summed E-state index contributed by atoms with van der Waals surface area (Å²) >= 11 is 0. The largest absolute Gasteiger partial charge is 0.497 e. The van der Waals surface area contributed by atoms with Crippen LogP contribution in [-0.4, -0.2) is 31.4 Å². The Morgan fingerprint density at radius 1 is 1.04 bits per heavy atom. The Hall–Kier alpha value is -2.95. The first-order chi connectivity index (χ1) is 13.4. The average molecular weight is 384 g/mol. The second-order valence-corrected chi connectivity index (χ2v) is 7.03. The fourth-order valence-electron chi connectivity index (χ4n) is 2.58. The van der Waals surface area contributed by atoms with Crippen molar-refractivity contribution >= 4 is 12.0 Å². The first-order valence-corrected chi connectivity index (χ1v) is 9.31. The first kappa shape index (κ1) is 21.4. The second-order valence-electron chi connectivity index (χ2n) is 7.03. The van der Waals surface area contributed by atoms with Crippen molar-refractivity contribution in [2.24, 2.45) is 0 Å². The van der Waals surface area contributed by atoms with E-state index in [0.717, 1.165) is 18.2 Å². The third-order valence-electron chi connectivity index (χ3n) is 4.76. The van der Waals surface area contributed by atoms with Crippen LogP contribution in [0.4, 0.5) is 0 Å². The molecule has 2 rings (SSSR count). The van der Waals surface area contributed by atoms with Crippen molar-refractivity contribution < 1.29 is 24.1 Å². The highest BCUT2D eigenvalue weighted by Gasteiger charge is 2.17. The summed E-state index contributed by atoms with van der Waals surface area (Å²) < 4.78 is 16.7. The maximum absolute atomic E-state index is 10.8. The molecule has 0 radical (unpaired) electrons. The van der Waals surface area contributed by atoms with Crippen molar-refractivity contribution in [3.63, 3.8) is 0 Å². The molecule has 0 saturated carbocycles. The van der Waals surface area contributed by atoms with E-state index in [-0.39, 0.29) is 5.41 Å². The minimum absolute atomic E-state index is 0.147. The summed E-state index contributed by atoms with van der Waals surface area (Å²) in [7, 11) is 1.57. The molecule has 1 N–H and O–H groups in total. The molecule has 150 valence electrons. The number of carbonyl (C=O) groups is 1. The summed E-state index contributed by atoms with van der Waals surface area (Å²) in [5.41, 5.74) is 2.09. The van der Waals surface area contributed by atoms with E-state index in [9.17, 15) is 4.79 Å². The molecular formula is C23H28O5. The van der Waals surface area contributed by atoms with Crippen molar-refractivity contribution in [2.45, 2.75) is 32.6 Å². The van der Waals surface area contributed by atoms with Crippen molar-refractivity contribution in [3.05, 3.63) is 59.7 Å². The van der Waals surface area contributed by atoms with Gasteiger partial charge in [-0.1, -0.05) is 32.9 Å². The number of aliphatic carboxylic acids is 1. The lowest BCUT2D eigenvalue weighted by Crippen LogP contribution is -2.15. The molecule has 0 unspecified atom stereocenters. The highest BCUT2D eigenvalue weighted by atomic mass is 16.5. The number of rotatable bonds is 10. The van der Waals surface area contributed by atoms with E-state index >= 15 is 0 Å². The van der Waals surface area contributed by atoms with Crippen LogP contribution in [0.5, 0.6) is 17.2 Å². The number of benzene rings is 2. The molecule has 0 fully saturated rings. The fourth-order valence-corrected chi connectivity index (χ4v) is 2.58. The number of methoxy groups -OCH3 is 1. The van der Waals surface area contributed by atoms with Crippen molar-refractivity contribution in [1.29, 1.82) is 0 Å². The molecule has 5 nitrogen and oxygen atoms in total. The van der Waals surface area contributed by atoms with Crippen LogP contribution in [-0.2, 0) is 10.2 Å². The van der Waals surface area contributed by atoms with E-state index in [4.69, 9.17) is 19.3 Å². The normalized spacial score (nSPS) is 11.4. The zero-order valence-electron chi connectivity index (χ0n) is 16.9. The van der Waals surface area contributed by atoms with Gasteiger partial charge in [-0.25, -0.2) is 4.79 Å². The van der Waals surface area contributed by atoms with Gasteiger partial charge in [-0.05, 0) is 47.7 Å². The lowest BCUT2D eigenvalue weighted by atomic mass is 9.82. The third kappa shape index (κ3) is 6.05. The highest BCUT2D eigenvalue weighted by molar-refractivity contribution is 5.86. The van der Waals surface area contributed by atoms with E-state index < -0.39 is 5.97 Å². The Morgan fingerprint density at radius 3 is 2.29 bits per heavy atom. The molecule has 5 heteroatoms. The van der Waals surface area contributed by atoms with E-state index in [0.29, 0.717) is 30.3 Å². The van der Waals surface area contributed by atoms with E-state index in [1.54, 1.807) is 25.3 Å². The van der Waals surface area contributed by atoms with Gasteiger partial charge in [0.2, 0.25) is 0 Å². The van der Waals surface area contributed by atoms with Gasteiger partial charge in [0.05, 0.1) is 7.11 Å². The zero-order valence-corrected chi connectivity index (χ0v) is 16.9. The lowest BCUT2D eigenvalue weighted by molar-refractivity contribution is -0.131. The molecule has 0 atom stereocenters. The Labute approximate surface area is 166 Å². The quantitative estimate of drug-likeness (QED) is 0.464. The smallest absolute Gasteiger partial charge is 0.328 e. The van der Waals surface area contributed by atoms with Crippen LogP contribution in [0.25, 0.3) is 6.08 Å². The molecular weight excluding hydrogens is 356 g/mol. The zero-order chi connectivity index (χ0) is 20.6. The van der Waals surface area contributed by atoms with Gasteiger partial charge >= 0.3 is 5.97 Å². The van der Waals surface area contributed by atoms with Crippen molar-refractivity contribution in [1.82, 2.24) is 0 Å². The summed E-state index contributed by atoms with van der Waals surface area (Å²) in [5.74, 6) is 0.953. The standard InChI is InChI=1S/C23H28O5/c1-5-23(2,3)18-8-11-19(12-9-18)27-14-15-28-21-16-20(26-4)10-6-17(21)7-13-22(24)25/h6-13,16H,5,14-15H2,1-4H3,(H,24,25). The van der Waals surface area contributed by atoms with Gasteiger partial charge in [-0.3, -0.25) is 0 Å². The minimum atomic E-state index is -1.01. The Kier molecular flexibility index (Phi) is 7.50. The second kappa shape index (κ2) is 9.83.